The fourth-order valence-corrected chi connectivity index (χ4v) is 3.75. The second-order valence-electron chi connectivity index (χ2n) is 4.66. The number of ether oxygens (including phenoxy) is 1. The molecule has 0 amide bonds. The van der Waals surface area contributed by atoms with Gasteiger partial charge in [0.15, 0.2) is 0 Å². The number of hydrogen-bond donors (Lipinski definition) is 1. The second-order valence-corrected chi connectivity index (χ2v) is 6.59. The van der Waals surface area contributed by atoms with Gasteiger partial charge in [-0.2, -0.15) is 4.31 Å². The minimum atomic E-state index is -3.65. The highest BCUT2D eigenvalue weighted by atomic mass is 32.2. The van der Waals surface area contributed by atoms with E-state index in [1.54, 1.807) is 7.11 Å². The molecule has 0 spiro atoms. The van der Waals surface area contributed by atoms with Crippen LogP contribution < -0.4 is 5.73 Å². The van der Waals surface area contributed by atoms with Crippen molar-refractivity contribution < 1.29 is 17.5 Å². The Morgan fingerprint density at radius 2 is 2.26 bits per heavy atom. The van der Waals surface area contributed by atoms with Gasteiger partial charge in [-0.3, -0.25) is 0 Å². The molecule has 1 aliphatic heterocycles. The first-order valence-electron chi connectivity index (χ1n) is 5.99. The molecule has 2 N–H and O–H groups in total. The molecule has 0 aromatic heterocycles. The quantitative estimate of drug-likeness (QED) is 0.841. The van der Waals surface area contributed by atoms with E-state index in [9.17, 15) is 12.8 Å². The molecule has 0 radical (unpaired) electrons. The van der Waals surface area contributed by atoms with Crippen molar-refractivity contribution in [1.29, 1.82) is 0 Å². The summed E-state index contributed by atoms with van der Waals surface area (Å²) in [6.07, 6.45) is 0.754. The minimum Gasteiger partial charge on any atom is -0.396 e. The van der Waals surface area contributed by atoms with Gasteiger partial charge in [0.25, 0.3) is 0 Å². The lowest BCUT2D eigenvalue weighted by Crippen LogP contribution is -2.29. The van der Waals surface area contributed by atoms with E-state index in [2.05, 4.69) is 0 Å². The molecule has 1 unspecified atom stereocenters. The van der Waals surface area contributed by atoms with Gasteiger partial charge in [0, 0.05) is 20.2 Å². The van der Waals surface area contributed by atoms with E-state index in [4.69, 9.17) is 10.5 Å². The molecule has 2 rings (SSSR count). The number of rotatable bonds is 4. The maximum absolute atomic E-state index is 13.4. The van der Waals surface area contributed by atoms with Crippen LogP contribution in [0.5, 0.6) is 0 Å². The van der Waals surface area contributed by atoms with Crippen molar-refractivity contribution >= 4 is 15.7 Å². The second kappa shape index (κ2) is 5.44. The van der Waals surface area contributed by atoms with Gasteiger partial charge in [-0.25, -0.2) is 12.8 Å². The zero-order chi connectivity index (χ0) is 14.0. The van der Waals surface area contributed by atoms with E-state index >= 15 is 0 Å². The van der Waals surface area contributed by atoms with E-state index in [1.165, 1.54) is 16.4 Å². The summed E-state index contributed by atoms with van der Waals surface area (Å²) in [5.41, 5.74) is 5.29. The van der Waals surface area contributed by atoms with Gasteiger partial charge < -0.3 is 10.5 Å². The van der Waals surface area contributed by atoms with Gasteiger partial charge >= 0.3 is 0 Å². The average molecular weight is 288 g/mol. The molecule has 7 heteroatoms. The van der Waals surface area contributed by atoms with E-state index in [-0.39, 0.29) is 16.5 Å². The summed E-state index contributed by atoms with van der Waals surface area (Å²) < 4.78 is 44.4. The van der Waals surface area contributed by atoms with E-state index < -0.39 is 15.8 Å². The SMILES string of the molecule is COCC1CCN(S(=O)(=O)c2ccc(N)c(F)c2)C1. The van der Waals surface area contributed by atoms with Crippen molar-refractivity contribution in [2.45, 2.75) is 11.3 Å². The molecular formula is C12H17FN2O3S. The van der Waals surface area contributed by atoms with E-state index in [1.807, 2.05) is 0 Å². The third kappa shape index (κ3) is 2.88. The highest BCUT2D eigenvalue weighted by molar-refractivity contribution is 7.89. The molecule has 19 heavy (non-hydrogen) atoms. The van der Waals surface area contributed by atoms with Gasteiger partial charge in [0.05, 0.1) is 17.2 Å². The summed E-state index contributed by atoms with van der Waals surface area (Å²) in [7, 11) is -2.06. The number of nitrogens with two attached hydrogens (primary N) is 1. The summed E-state index contributed by atoms with van der Waals surface area (Å²) in [6, 6.07) is 3.57. The predicted molar refractivity (Wildman–Crippen MR) is 69.6 cm³/mol. The molecule has 1 aromatic carbocycles. The summed E-state index contributed by atoms with van der Waals surface area (Å²) in [6.45, 7) is 1.37. The molecule has 1 aromatic rings. The number of halogens is 1. The van der Waals surface area contributed by atoms with Crippen LogP contribution in [0.2, 0.25) is 0 Å². The third-order valence-corrected chi connectivity index (χ3v) is 5.12. The first-order chi connectivity index (χ1) is 8.95. The standard InChI is InChI=1S/C12H17FN2O3S/c1-18-8-9-4-5-15(7-9)19(16,17)10-2-3-12(14)11(13)6-10/h2-3,6,9H,4-5,7-8,14H2,1H3. The molecule has 0 aliphatic carbocycles. The summed E-state index contributed by atoms with van der Waals surface area (Å²) >= 11 is 0. The van der Waals surface area contributed by atoms with Crippen molar-refractivity contribution in [3.05, 3.63) is 24.0 Å². The monoisotopic (exact) mass is 288 g/mol. The Morgan fingerprint density at radius 3 is 2.89 bits per heavy atom. The molecule has 5 nitrogen and oxygen atoms in total. The highest BCUT2D eigenvalue weighted by Crippen LogP contribution is 2.25. The van der Waals surface area contributed by atoms with Crippen LogP contribution in [-0.4, -0.2) is 39.5 Å². The Morgan fingerprint density at radius 1 is 1.53 bits per heavy atom. The molecule has 1 fully saturated rings. The Labute approximate surface area is 112 Å². The Kier molecular flexibility index (Phi) is 4.07. The Balaban J connectivity index is 2.21. The first kappa shape index (κ1) is 14.2. The normalized spacial score (nSPS) is 20.8. The van der Waals surface area contributed by atoms with Crippen LogP contribution in [0.15, 0.2) is 23.1 Å². The number of benzene rings is 1. The van der Waals surface area contributed by atoms with Gasteiger partial charge in [-0.15, -0.1) is 0 Å². The zero-order valence-electron chi connectivity index (χ0n) is 10.7. The highest BCUT2D eigenvalue weighted by Gasteiger charge is 2.32. The molecule has 106 valence electrons. The Hall–Kier alpha value is -1.18. The number of anilines is 1. The molecule has 1 atom stereocenters. The molecule has 1 aliphatic rings. The van der Waals surface area contributed by atoms with Crippen LogP contribution in [0.3, 0.4) is 0 Å². The summed E-state index contributed by atoms with van der Waals surface area (Å²) in [4.78, 5) is -0.0581. The molecule has 1 saturated heterocycles. The van der Waals surface area contributed by atoms with Crippen molar-refractivity contribution in [3.8, 4) is 0 Å². The van der Waals surface area contributed by atoms with Gasteiger partial charge in [0.2, 0.25) is 10.0 Å². The number of sulfonamides is 1. The molecular weight excluding hydrogens is 271 g/mol. The first-order valence-corrected chi connectivity index (χ1v) is 7.43. The maximum Gasteiger partial charge on any atom is 0.243 e. The van der Waals surface area contributed by atoms with Crippen molar-refractivity contribution in [3.63, 3.8) is 0 Å². The minimum absolute atomic E-state index is 0.0577. The zero-order valence-corrected chi connectivity index (χ0v) is 11.5. The van der Waals surface area contributed by atoms with Crippen LogP contribution in [-0.2, 0) is 14.8 Å². The van der Waals surface area contributed by atoms with Crippen LogP contribution in [0, 0.1) is 11.7 Å². The largest absolute Gasteiger partial charge is 0.396 e. The van der Waals surface area contributed by atoms with Crippen molar-refractivity contribution in [2.75, 3.05) is 32.5 Å². The van der Waals surface area contributed by atoms with Crippen LogP contribution >= 0.6 is 0 Å². The van der Waals surface area contributed by atoms with E-state index in [0.29, 0.717) is 19.7 Å². The number of nitrogen functional groups attached to an aromatic ring is 1. The lowest BCUT2D eigenvalue weighted by atomic mass is 10.1. The summed E-state index contributed by atoms with van der Waals surface area (Å²) in [5, 5.41) is 0. The summed E-state index contributed by atoms with van der Waals surface area (Å²) in [5.74, 6) is -0.521. The van der Waals surface area contributed by atoms with Gasteiger partial charge in [0.1, 0.15) is 5.82 Å². The number of methoxy groups -OCH3 is 1. The third-order valence-electron chi connectivity index (χ3n) is 3.26. The van der Waals surface area contributed by atoms with Crippen molar-refractivity contribution in [1.82, 2.24) is 4.31 Å². The van der Waals surface area contributed by atoms with Gasteiger partial charge in [-0.05, 0) is 30.5 Å². The number of nitrogens with zero attached hydrogens (tertiary/aromatic N) is 1. The number of hydrogen-bond acceptors (Lipinski definition) is 4. The van der Waals surface area contributed by atoms with Gasteiger partial charge in [-0.1, -0.05) is 0 Å². The lowest BCUT2D eigenvalue weighted by molar-refractivity contribution is 0.157. The smallest absolute Gasteiger partial charge is 0.243 e. The lowest BCUT2D eigenvalue weighted by Gasteiger charge is -2.16. The van der Waals surface area contributed by atoms with E-state index in [0.717, 1.165) is 12.5 Å². The fourth-order valence-electron chi connectivity index (χ4n) is 2.20. The van der Waals surface area contributed by atoms with Crippen LogP contribution in [0.25, 0.3) is 0 Å². The maximum atomic E-state index is 13.4. The average Bonchev–Trinajstić information content (AvgIpc) is 2.82. The molecule has 1 heterocycles. The Bertz CT molecular complexity index is 562. The van der Waals surface area contributed by atoms with Crippen molar-refractivity contribution in [2.24, 2.45) is 5.92 Å². The molecule has 0 saturated carbocycles. The predicted octanol–water partition coefficient (Wildman–Crippen LogP) is 1.06. The van der Waals surface area contributed by atoms with Crippen LogP contribution in [0.4, 0.5) is 10.1 Å². The topological polar surface area (TPSA) is 72.6 Å². The fraction of sp³-hybridized carbons (Fsp3) is 0.500. The van der Waals surface area contributed by atoms with Crippen LogP contribution in [0.1, 0.15) is 6.42 Å². The molecule has 0 bridgehead atoms.